The van der Waals surface area contributed by atoms with Crippen LogP contribution in [0.5, 0.6) is 0 Å². The fraction of sp³-hybridized carbons (Fsp3) is 0.0455. The maximum Gasteiger partial charge on any atom is 0.293 e. The molecular weight excluding hydrogens is 454 g/mol. The molecular formula is C22H12ClN3O5S. The van der Waals surface area contributed by atoms with Gasteiger partial charge in [-0.1, -0.05) is 29.8 Å². The van der Waals surface area contributed by atoms with Gasteiger partial charge in [-0.3, -0.25) is 24.6 Å². The SMILES string of the molecule is N#Cc1ccccc1CN1C(=O)S/C(=C/c2ccc(-c3ccc([N+](=O)[O-])cc3Cl)o2)C1=O. The van der Waals surface area contributed by atoms with E-state index in [1.54, 1.807) is 36.4 Å². The smallest absolute Gasteiger partial charge is 0.293 e. The molecule has 1 aliphatic rings. The Balaban J connectivity index is 1.56. The van der Waals surface area contributed by atoms with Gasteiger partial charge in [0.1, 0.15) is 11.5 Å². The van der Waals surface area contributed by atoms with Gasteiger partial charge in [0.2, 0.25) is 0 Å². The first-order valence-corrected chi connectivity index (χ1v) is 10.3. The molecule has 1 aromatic heterocycles. The van der Waals surface area contributed by atoms with E-state index in [9.17, 15) is 25.0 Å². The first-order valence-electron chi connectivity index (χ1n) is 9.15. The molecule has 2 heterocycles. The Morgan fingerprint density at radius 2 is 1.97 bits per heavy atom. The van der Waals surface area contributed by atoms with E-state index >= 15 is 0 Å². The van der Waals surface area contributed by atoms with Crippen molar-refractivity contribution in [3.63, 3.8) is 0 Å². The van der Waals surface area contributed by atoms with Crippen LogP contribution in [0.4, 0.5) is 10.5 Å². The zero-order valence-electron chi connectivity index (χ0n) is 16.1. The average Bonchev–Trinajstić information content (AvgIpc) is 3.34. The predicted molar refractivity (Wildman–Crippen MR) is 118 cm³/mol. The van der Waals surface area contributed by atoms with E-state index in [4.69, 9.17) is 16.0 Å². The van der Waals surface area contributed by atoms with E-state index in [1.807, 2.05) is 6.07 Å². The molecule has 4 rings (SSSR count). The minimum Gasteiger partial charge on any atom is -0.457 e. The monoisotopic (exact) mass is 465 g/mol. The van der Waals surface area contributed by atoms with Crippen LogP contribution in [0.25, 0.3) is 17.4 Å². The molecule has 0 radical (unpaired) electrons. The summed E-state index contributed by atoms with van der Waals surface area (Å²) in [6, 6.07) is 16.0. The summed E-state index contributed by atoms with van der Waals surface area (Å²) >= 11 is 6.92. The van der Waals surface area contributed by atoms with Gasteiger partial charge in [-0.2, -0.15) is 5.26 Å². The third kappa shape index (κ3) is 4.14. The van der Waals surface area contributed by atoms with Crippen LogP contribution in [0, 0.1) is 21.4 Å². The Kier molecular flexibility index (Phi) is 5.81. The van der Waals surface area contributed by atoms with Crippen molar-refractivity contribution in [3.8, 4) is 17.4 Å². The van der Waals surface area contributed by atoms with Crippen LogP contribution in [-0.2, 0) is 11.3 Å². The number of benzene rings is 2. The van der Waals surface area contributed by atoms with E-state index in [2.05, 4.69) is 0 Å². The van der Waals surface area contributed by atoms with Gasteiger partial charge in [-0.15, -0.1) is 0 Å². The minimum atomic E-state index is -0.547. The summed E-state index contributed by atoms with van der Waals surface area (Å²) in [7, 11) is 0. The van der Waals surface area contributed by atoms with E-state index < -0.39 is 16.1 Å². The number of amides is 2. The number of hydrogen-bond acceptors (Lipinski definition) is 7. The topological polar surface area (TPSA) is 117 Å². The van der Waals surface area contributed by atoms with Crippen LogP contribution in [0.1, 0.15) is 16.9 Å². The molecule has 0 aliphatic carbocycles. The lowest BCUT2D eigenvalue weighted by Crippen LogP contribution is -2.27. The molecule has 0 spiro atoms. The molecule has 0 saturated carbocycles. The number of rotatable bonds is 5. The van der Waals surface area contributed by atoms with Crippen molar-refractivity contribution >= 4 is 46.3 Å². The lowest BCUT2D eigenvalue weighted by Gasteiger charge is -2.13. The van der Waals surface area contributed by atoms with Crippen LogP contribution in [-0.4, -0.2) is 21.0 Å². The first-order chi connectivity index (χ1) is 15.4. The zero-order chi connectivity index (χ0) is 22.8. The summed E-state index contributed by atoms with van der Waals surface area (Å²) < 4.78 is 5.72. The number of thioether (sulfide) groups is 1. The van der Waals surface area contributed by atoms with Crippen LogP contribution in [0.2, 0.25) is 5.02 Å². The fourth-order valence-corrected chi connectivity index (χ4v) is 4.18. The Labute approximate surface area is 190 Å². The molecule has 1 fully saturated rings. The highest BCUT2D eigenvalue weighted by molar-refractivity contribution is 8.18. The normalized spacial score (nSPS) is 14.8. The fourth-order valence-electron chi connectivity index (χ4n) is 3.10. The van der Waals surface area contributed by atoms with Gasteiger partial charge in [0.05, 0.1) is 33.0 Å². The molecule has 32 heavy (non-hydrogen) atoms. The second-order valence-corrected chi connectivity index (χ2v) is 8.06. The molecule has 8 nitrogen and oxygen atoms in total. The van der Waals surface area contributed by atoms with Gasteiger partial charge < -0.3 is 4.42 Å². The Bertz CT molecular complexity index is 1340. The van der Waals surface area contributed by atoms with Crippen molar-refractivity contribution in [2.45, 2.75) is 6.54 Å². The molecule has 158 valence electrons. The number of halogens is 1. The number of non-ortho nitro benzene ring substituents is 1. The van der Waals surface area contributed by atoms with Gasteiger partial charge in [0, 0.05) is 23.8 Å². The Morgan fingerprint density at radius 1 is 1.19 bits per heavy atom. The van der Waals surface area contributed by atoms with Gasteiger partial charge >= 0.3 is 0 Å². The van der Waals surface area contributed by atoms with Gasteiger partial charge in [0.15, 0.2) is 0 Å². The molecule has 1 saturated heterocycles. The molecule has 1 aliphatic heterocycles. The Hall–Kier alpha value is -3.87. The van der Waals surface area contributed by atoms with E-state index in [1.165, 1.54) is 24.3 Å². The van der Waals surface area contributed by atoms with E-state index in [-0.39, 0.29) is 22.2 Å². The third-order valence-electron chi connectivity index (χ3n) is 4.67. The van der Waals surface area contributed by atoms with Crippen molar-refractivity contribution in [2.24, 2.45) is 0 Å². The maximum atomic E-state index is 12.8. The van der Waals surface area contributed by atoms with Gasteiger partial charge in [-0.05, 0) is 41.6 Å². The predicted octanol–water partition coefficient (Wildman–Crippen LogP) is 5.62. The second-order valence-electron chi connectivity index (χ2n) is 6.66. The summed E-state index contributed by atoms with van der Waals surface area (Å²) in [6.45, 7) is -0.00640. The Morgan fingerprint density at radius 3 is 2.69 bits per heavy atom. The number of nitrogens with zero attached hydrogens (tertiary/aromatic N) is 3. The number of carbonyl (C=O) groups is 2. The first kappa shape index (κ1) is 21.4. The number of imide groups is 1. The molecule has 3 aromatic rings. The van der Waals surface area contributed by atoms with E-state index in [0.29, 0.717) is 28.2 Å². The van der Waals surface area contributed by atoms with Crippen molar-refractivity contribution in [2.75, 3.05) is 0 Å². The third-order valence-corrected chi connectivity index (χ3v) is 5.89. The van der Waals surface area contributed by atoms with Gasteiger partial charge in [-0.25, -0.2) is 0 Å². The summed E-state index contributed by atoms with van der Waals surface area (Å²) in [5, 5.41) is 19.8. The van der Waals surface area contributed by atoms with Crippen molar-refractivity contribution in [1.82, 2.24) is 4.90 Å². The molecule has 0 atom stereocenters. The summed E-state index contributed by atoms with van der Waals surface area (Å²) in [5.74, 6) is 0.190. The van der Waals surface area contributed by atoms with Crippen molar-refractivity contribution in [1.29, 1.82) is 5.26 Å². The van der Waals surface area contributed by atoms with Crippen LogP contribution in [0.3, 0.4) is 0 Å². The standard InChI is InChI=1S/C22H12ClN3O5S/c23-18-9-15(26(29)30)5-7-17(18)19-8-6-16(31-19)10-20-21(27)25(22(28)32-20)12-14-4-2-1-3-13(14)11-24/h1-10H,12H2/b20-10+. The lowest BCUT2D eigenvalue weighted by atomic mass is 10.1. The minimum absolute atomic E-state index is 0.00640. The van der Waals surface area contributed by atoms with Crippen molar-refractivity contribution < 1.29 is 18.9 Å². The van der Waals surface area contributed by atoms with E-state index in [0.717, 1.165) is 16.7 Å². The highest BCUT2D eigenvalue weighted by Crippen LogP contribution is 2.36. The second kappa shape index (κ2) is 8.70. The van der Waals surface area contributed by atoms with Crippen LogP contribution < -0.4 is 0 Å². The number of hydrogen-bond donors (Lipinski definition) is 0. The number of nitro benzene ring substituents is 1. The molecule has 0 N–H and O–H groups in total. The molecule has 0 unspecified atom stereocenters. The largest absolute Gasteiger partial charge is 0.457 e. The number of nitro groups is 1. The summed E-state index contributed by atoms with van der Waals surface area (Å²) in [4.78, 5) is 36.7. The van der Waals surface area contributed by atoms with Crippen molar-refractivity contribution in [3.05, 3.63) is 91.5 Å². The average molecular weight is 466 g/mol. The maximum absolute atomic E-state index is 12.8. The quantitative estimate of drug-likeness (QED) is 0.272. The number of nitriles is 1. The lowest BCUT2D eigenvalue weighted by molar-refractivity contribution is -0.384. The summed E-state index contributed by atoms with van der Waals surface area (Å²) in [6.07, 6.45) is 1.45. The summed E-state index contributed by atoms with van der Waals surface area (Å²) in [5.41, 5.74) is 1.29. The molecule has 2 aromatic carbocycles. The number of furan rings is 1. The molecule has 2 amide bonds. The molecule has 10 heteroatoms. The zero-order valence-corrected chi connectivity index (χ0v) is 17.7. The van der Waals surface area contributed by atoms with Gasteiger partial charge in [0.25, 0.3) is 16.8 Å². The number of carbonyl (C=O) groups excluding carboxylic acids is 2. The highest BCUT2D eigenvalue weighted by Gasteiger charge is 2.35. The molecule has 0 bridgehead atoms. The van der Waals surface area contributed by atoms with Crippen LogP contribution >= 0.6 is 23.4 Å². The van der Waals surface area contributed by atoms with Crippen LogP contribution in [0.15, 0.2) is 63.9 Å². The highest BCUT2D eigenvalue weighted by atomic mass is 35.5.